The summed E-state index contributed by atoms with van der Waals surface area (Å²) in [5.41, 5.74) is 2.43. The van der Waals surface area contributed by atoms with Crippen LogP contribution in [0.5, 0.6) is 5.75 Å². The minimum atomic E-state index is -0.259. The number of aromatic nitrogens is 4. The molecule has 1 amide bonds. The van der Waals surface area contributed by atoms with Crippen LogP contribution in [0.25, 0.3) is 32.7 Å². The summed E-state index contributed by atoms with van der Waals surface area (Å²) in [5, 5.41) is 6.13. The third-order valence-electron chi connectivity index (χ3n) is 5.41. The maximum Gasteiger partial charge on any atom is 0.263 e. The Bertz CT molecular complexity index is 1630. The van der Waals surface area contributed by atoms with Crippen LogP contribution in [0.1, 0.15) is 0 Å². The number of thiophene rings is 1. The van der Waals surface area contributed by atoms with Crippen molar-refractivity contribution in [1.29, 1.82) is 0 Å². The van der Waals surface area contributed by atoms with E-state index in [-0.39, 0.29) is 23.8 Å². The Hall–Kier alpha value is -3.80. The molecule has 5 rings (SSSR count). The average Bonchev–Trinajstić information content (AvgIpc) is 3.57. The van der Waals surface area contributed by atoms with E-state index >= 15 is 0 Å². The Morgan fingerprint density at radius 2 is 1.92 bits per heavy atom. The molecule has 0 saturated heterocycles. The zero-order chi connectivity index (χ0) is 25.8. The summed E-state index contributed by atoms with van der Waals surface area (Å²) in [5.74, 6) is 1.11. The van der Waals surface area contributed by atoms with Crippen LogP contribution in [0.15, 0.2) is 82.6 Å². The Balaban J connectivity index is 1.36. The number of allylic oxidation sites excluding steroid dienone is 1. The van der Waals surface area contributed by atoms with Crippen molar-refractivity contribution in [2.75, 3.05) is 18.2 Å². The average molecular weight is 548 g/mol. The van der Waals surface area contributed by atoms with Crippen molar-refractivity contribution in [3.8, 4) is 28.3 Å². The van der Waals surface area contributed by atoms with Crippen molar-refractivity contribution in [3.63, 3.8) is 0 Å². The Morgan fingerprint density at radius 3 is 2.65 bits per heavy atom. The first-order valence-electron chi connectivity index (χ1n) is 11.2. The van der Waals surface area contributed by atoms with E-state index in [1.54, 1.807) is 17.8 Å². The summed E-state index contributed by atoms with van der Waals surface area (Å²) in [6.45, 7) is 4.06. The number of rotatable bonds is 9. The van der Waals surface area contributed by atoms with Crippen molar-refractivity contribution < 1.29 is 9.53 Å². The predicted octanol–water partition coefficient (Wildman–Crippen LogP) is 5.57. The van der Waals surface area contributed by atoms with Gasteiger partial charge in [0.25, 0.3) is 5.56 Å². The van der Waals surface area contributed by atoms with Crippen LogP contribution in [-0.2, 0) is 11.3 Å². The minimum Gasteiger partial charge on any atom is -0.497 e. The molecule has 0 unspecified atom stereocenters. The van der Waals surface area contributed by atoms with E-state index in [1.165, 1.54) is 23.1 Å². The van der Waals surface area contributed by atoms with Gasteiger partial charge in [0, 0.05) is 34.6 Å². The molecule has 3 heterocycles. The summed E-state index contributed by atoms with van der Waals surface area (Å²) in [6, 6.07) is 17.1. The summed E-state index contributed by atoms with van der Waals surface area (Å²) in [6.07, 6.45) is 1.64. The standard InChI is InChI=1S/C26H21N5O3S3/c1-3-13-31-24(33)21-19(16-9-11-18(34-2)12-10-16)14-35-23(21)29-26(31)36-15-20(32)27-25-28-22(30-37-25)17-7-5-4-6-8-17/h3-12,14H,1,13,15H2,2H3,(H,27,28,30,32). The molecule has 0 spiro atoms. The normalized spacial score (nSPS) is 10.9. The van der Waals surface area contributed by atoms with Crippen LogP contribution in [0.3, 0.4) is 0 Å². The van der Waals surface area contributed by atoms with Crippen LogP contribution in [0, 0.1) is 0 Å². The highest BCUT2D eigenvalue weighted by Crippen LogP contribution is 2.33. The molecule has 11 heteroatoms. The molecule has 0 aliphatic rings. The second-order valence-electron chi connectivity index (χ2n) is 7.78. The molecule has 0 fully saturated rings. The third-order valence-corrected chi connectivity index (χ3v) is 7.89. The largest absolute Gasteiger partial charge is 0.497 e. The van der Waals surface area contributed by atoms with Gasteiger partial charge in [0.1, 0.15) is 10.6 Å². The monoisotopic (exact) mass is 547 g/mol. The van der Waals surface area contributed by atoms with Crippen molar-refractivity contribution in [2.24, 2.45) is 0 Å². The number of ether oxygens (including phenoxy) is 1. The molecule has 5 aromatic rings. The van der Waals surface area contributed by atoms with E-state index in [9.17, 15) is 9.59 Å². The van der Waals surface area contributed by atoms with Gasteiger partial charge in [0.15, 0.2) is 11.0 Å². The number of hydrogen-bond donors (Lipinski definition) is 1. The van der Waals surface area contributed by atoms with Gasteiger partial charge in [-0.1, -0.05) is 60.3 Å². The molecule has 8 nitrogen and oxygen atoms in total. The van der Waals surface area contributed by atoms with Crippen LogP contribution >= 0.6 is 34.6 Å². The molecule has 0 aliphatic carbocycles. The van der Waals surface area contributed by atoms with Crippen molar-refractivity contribution in [1.82, 2.24) is 18.9 Å². The van der Waals surface area contributed by atoms with Crippen LogP contribution in [0.2, 0.25) is 0 Å². The molecule has 0 atom stereocenters. The van der Waals surface area contributed by atoms with Gasteiger partial charge in [-0.15, -0.1) is 17.9 Å². The van der Waals surface area contributed by atoms with Gasteiger partial charge in [-0.3, -0.25) is 19.5 Å². The minimum absolute atomic E-state index is 0.0616. The molecule has 186 valence electrons. The summed E-state index contributed by atoms with van der Waals surface area (Å²) >= 11 is 3.71. The zero-order valence-electron chi connectivity index (χ0n) is 19.7. The highest BCUT2D eigenvalue weighted by atomic mass is 32.2. The predicted molar refractivity (Wildman–Crippen MR) is 151 cm³/mol. The first-order chi connectivity index (χ1) is 18.1. The van der Waals surface area contributed by atoms with Gasteiger partial charge < -0.3 is 4.74 Å². The zero-order valence-corrected chi connectivity index (χ0v) is 22.2. The Labute approximate surface area is 224 Å². The number of carbonyl (C=O) groups excluding carboxylic acids is 1. The molecule has 3 aromatic heterocycles. The van der Waals surface area contributed by atoms with Gasteiger partial charge in [-0.05, 0) is 17.7 Å². The summed E-state index contributed by atoms with van der Waals surface area (Å²) < 4.78 is 11.1. The van der Waals surface area contributed by atoms with Gasteiger partial charge in [-0.2, -0.15) is 9.36 Å². The topological polar surface area (TPSA) is 99.0 Å². The fourth-order valence-corrected chi connectivity index (χ4v) is 6.06. The summed E-state index contributed by atoms with van der Waals surface area (Å²) in [7, 11) is 1.61. The lowest BCUT2D eigenvalue weighted by molar-refractivity contribution is -0.113. The molecule has 0 radical (unpaired) electrons. The smallest absolute Gasteiger partial charge is 0.263 e. The highest BCUT2D eigenvalue weighted by molar-refractivity contribution is 7.99. The molecule has 2 aromatic carbocycles. The van der Waals surface area contributed by atoms with Crippen LogP contribution < -0.4 is 15.6 Å². The van der Waals surface area contributed by atoms with E-state index in [4.69, 9.17) is 9.72 Å². The quantitative estimate of drug-likeness (QED) is 0.146. The van der Waals surface area contributed by atoms with Crippen molar-refractivity contribution in [3.05, 3.63) is 83.0 Å². The number of nitrogens with one attached hydrogen (secondary N) is 1. The molecule has 0 bridgehead atoms. The fraction of sp³-hybridized carbons (Fsp3) is 0.115. The van der Waals surface area contributed by atoms with E-state index in [0.717, 1.165) is 34.0 Å². The second kappa shape index (κ2) is 11.1. The molecule has 1 N–H and O–H groups in total. The van der Waals surface area contributed by atoms with Crippen LogP contribution in [0.4, 0.5) is 5.13 Å². The first-order valence-corrected chi connectivity index (χ1v) is 13.8. The Morgan fingerprint density at radius 1 is 1.14 bits per heavy atom. The number of carbonyl (C=O) groups is 1. The summed E-state index contributed by atoms with van der Waals surface area (Å²) in [4.78, 5) is 35.9. The Kier molecular flexibility index (Phi) is 7.45. The number of hydrogen-bond acceptors (Lipinski definition) is 9. The maximum atomic E-state index is 13.5. The highest BCUT2D eigenvalue weighted by Gasteiger charge is 2.18. The van der Waals surface area contributed by atoms with E-state index in [1.807, 2.05) is 60.0 Å². The SMILES string of the molecule is C=CCn1c(SCC(=O)Nc2nc(-c3ccccc3)ns2)nc2scc(-c3ccc(OC)cc3)c2c1=O. The number of thioether (sulfide) groups is 1. The molecule has 0 aliphatic heterocycles. The number of fused-ring (bicyclic) bond motifs is 1. The number of nitrogens with zero attached hydrogens (tertiary/aromatic N) is 4. The van der Waals surface area contributed by atoms with Gasteiger partial charge in [-0.25, -0.2) is 4.98 Å². The number of anilines is 1. The molecule has 37 heavy (non-hydrogen) atoms. The molecular formula is C26H21N5O3S3. The third kappa shape index (κ3) is 5.33. The number of methoxy groups -OCH3 is 1. The lowest BCUT2D eigenvalue weighted by Crippen LogP contribution is -2.23. The number of amides is 1. The van der Waals surface area contributed by atoms with Crippen LogP contribution in [-0.4, -0.2) is 37.7 Å². The van der Waals surface area contributed by atoms with Gasteiger partial charge in [0.05, 0.1) is 18.2 Å². The maximum absolute atomic E-state index is 13.5. The van der Waals surface area contributed by atoms with Crippen molar-refractivity contribution >= 4 is 55.9 Å². The second-order valence-corrected chi connectivity index (χ2v) is 10.3. The lowest BCUT2D eigenvalue weighted by Gasteiger charge is -2.10. The van der Waals surface area contributed by atoms with E-state index in [0.29, 0.717) is 26.3 Å². The van der Waals surface area contributed by atoms with E-state index in [2.05, 4.69) is 21.3 Å². The lowest BCUT2D eigenvalue weighted by atomic mass is 10.1. The number of benzene rings is 2. The van der Waals surface area contributed by atoms with E-state index < -0.39 is 0 Å². The molecular weight excluding hydrogens is 527 g/mol. The van der Waals surface area contributed by atoms with Gasteiger partial charge in [0.2, 0.25) is 11.0 Å². The van der Waals surface area contributed by atoms with Gasteiger partial charge >= 0.3 is 0 Å². The fourth-order valence-electron chi connectivity index (χ4n) is 3.65. The van der Waals surface area contributed by atoms with Crippen molar-refractivity contribution in [2.45, 2.75) is 11.7 Å². The molecule has 0 saturated carbocycles. The first kappa shape index (κ1) is 24.9.